The van der Waals surface area contributed by atoms with Crippen LogP contribution < -0.4 is 15.4 Å². The summed E-state index contributed by atoms with van der Waals surface area (Å²) in [7, 11) is 2.13. The zero-order chi connectivity index (χ0) is 16.9. The number of urea groups is 1. The number of unbranched alkanes of at least 4 members (excludes halogenated alkanes) is 1. The SMILES string of the molecule is CC(C)N(C)CCCCNC(=O)NCCCOc1ccccc1. The first kappa shape index (κ1) is 19.3. The van der Waals surface area contributed by atoms with Gasteiger partial charge in [0, 0.05) is 19.1 Å². The first-order chi connectivity index (χ1) is 11.1. The van der Waals surface area contributed by atoms with Crippen LogP contribution in [0.25, 0.3) is 0 Å². The molecule has 0 aliphatic rings. The third kappa shape index (κ3) is 9.79. The molecule has 5 heteroatoms. The molecule has 0 bridgehead atoms. The van der Waals surface area contributed by atoms with Crippen molar-refractivity contribution >= 4 is 6.03 Å². The molecule has 0 saturated carbocycles. The normalized spacial score (nSPS) is 10.8. The van der Waals surface area contributed by atoms with Crippen molar-refractivity contribution in [2.24, 2.45) is 0 Å². The number of ether oxygens (including phenoxy) is 1. The molecule has 2 N–H and O–H groups in total. The first-order valence-electron chi connectivity index (χ1n) is 8.49. The number of nitrogens with zero attached hydrogens (tertiary/aromatic N) is 1. The number of rotatable bonds is 11. The zero-order valence-corrected chi connectivity index (χ0v) is 14.7. The van der Waals surface area contributed by atoms with E-state index in [0.717, 1.165) is 38.1 Å². The summed E-state index contributed by atoms with van der Waals surface area (Å²) >= 11 is 0. The highest BCUT2D eigenvalue weighted by Gasteiger charge is 2.03. The van der Waals surface area contributed by atoms with Crippen molar-refractivity contribution in [3.05, 3.63) is 30.3 Å². The van der Waals surface area contributed by atoms with Gasteiger partial charge in [0.05, 0.1) is 6.61 Å². The number of hydrogen-bond acceptors (Lipinski definition) is 3. The highest BCUT2D eigenvalue weighted by Crippen LogP contribution is 2.07. The Balaban J connectivity index is 1.92. The number of amides is 2. The van der Waals surface area contributed by atoms with Gasteiger partial charge in [0.2, 0.25) is 0 Å². The van der Waals surface area contributed by atoms with Gasteiger partial charge in [0.15, 0.2) is 0 Å². The van der Waals surface area contributed by atoms with Crippen molar-refractivity contribution in [1.29, 1.82) is 0 Å². The molecule has 2 amide bonds. The van der Waals surface area contributed by atoms with Gasteiger partial charge >= 0.3 is 6.03 Å². The van der Waals surface area contributed by atoms with Gasteiger partial charge in [-0.1, -0.05) is 18.2 Å². The lowest BCUT2D eigenvalue weighted by molar-refractivity contribution is 0.237. The Morgan fingerprint density at radius 2 is 1.74 bits per heavy atom. The average molecular weight is 321 g/mol. The van der Waals surface area contributed by atoms with Crippen LogP contribution in [0.1, 0.15) is 33.1 Å². The minimum atomic E-state index is -0.0954. The van der Waals surface area contributed by atoms with E-state index in [1.807, 2.05) is 30.3 Å². The second kappa shape index (κ2) is 11.8. The van der Waals surface area contributed by atoms with E-state index in [0.29, 0.717) is 19.2 Å². The molecule has 0 unspecified atom stereocenters. The fraction of sp³-hybridized carbons (Fsp3) is 0.611. The molecular formula is C18H31N3O2. The summed E-state index contributed by atoms with van der Waals surface area (Å²) in [6.07, 6.45) is 2.89. The van der Waals surface area contributed by atoms with Crippen LogP contribution in [0.15, 0.2) is 30.3 Å². The summed E-state index contributed by atoms with van der Waals surface area (Å²) < 4.78 is 5.57. The van der Waals surface area contributed by atoms with Gasteiger partial charge < -0.3 is 20.3 Å². The Hall–Kier alpha value is -1.75. The third-order valence-corrected chi connectivity index (χ3v) is 3.72. The number of para-hydroxylation sites is 1. The number of carbonyl (C=O) groups is 1. The highest BCUT2D eigenvalue weighted by molar-refractivity contribution is 5.73. The summed E-state index contributed by atoms with van der Waals surface area (Å²) in [6.45, 7) is 7.39. The summed E-state index contributed by atoms with van der Waals surface area (Å²) in [5.74, 6) is 0.864. The van der Waals surface area contributed by atoms with E-state index in [1.54, 1.807) is 0 Å². The number of hydrogen-bond donors (Lipinski definition) is 2. The van der Waals surface area contributed by atoms with Crippen molar-refractivity contribution in [3.8, 4) is 5.75 Å². The molecule has 0 fully saturated rings. The monoisotopic (exact) mass is 321 g/mol. The van der Waals surface area contributed by atoms with E-state index >= 15 is 0 Å². The van der Waals surface area contributed by atoms with Crippen molar-refractivity contribution in [2.45, 2.75) is 39.2 Å². The van der Waals surface area contributed by atoms with E-state index in [2.05, 4.69) is 36.4 Å². The molecule has 130 valence electrons. The maximum atomic E-state index is 11.6. The molecule has 1 aromatic rings. The summed E-state index contributed by atoms with van der Waals surface area (Å²) in [5, 5.41) is 5.73. The number of nitrogens with one attached hydrogen (secondary N) is 2. The van der Waals surface area contributed by atoms with Crippen LogP contribution in [0.3, 0.4) is 0 Å². The molecule has 1 aromatic carbocycles. The van der Waals surface area contributed by atoms with Crippen molar-refractivity contribution in [3.63, 3.8) is 0 Å². The largest absolute Gasteiger partial charge is 0.494 e. The smallest absolute Gasteiger partial charge is 0.314 e. The quantitative estimate of drug-likeness (QED) is 0.616. The minimum Gasteiger partial charge on any atom is -0.494 e. The molecule has 5 nitrogen and oxygen atoms in total. The minimum absolute atomic E-state index is 0.0954. The molecule has 0 aliphatic heterocycles. The molecule has 0 heterocycles. The van der Waals surface area contributed by atoms with Gasteiger partial charge in [0.1, 0.15) is 5.75 Å². The molecule has 0 atom stereocenters. The van der Waals surface area contributed by atoms with Gasteiger partial charge in [-0.2, -0.15) is 0 Å². The molecule has 0 aliphatic carbocycles. The van der Waals surface area contributed by atoms with Crippen molar-refractivity contribution < 1.29 is 9.53 Å². The number of carbonyl (C=O) groups excluding carboxylic acids is 1. The topological polar surface area (TPSA) is 53.6 Å². The molecule has 0 saturated heterocycles. The Labute approximate surface area is 140 Å². The Morgan fingerprint density at radius 3 is 2.39 bits per heavy atom. The zero-order valence-electron chi connectivity index (χ0n) is 14.7. The van der Waals surface area contributed by atoms with Crippen LogP contribution in [0.4, 0.5) is 4.79 Å². The predicted molar refractivity (Wildman–Crippen MR) is 95.0 cm³/mol. The molecule has 0 aromatic heterocycles. The highest BCUT2D eigenvalue weighted by atomic mass is 16.5. The van der Waals surface area contributed by atoms with Crippen LogP contribution in [0, 0.1) is 0 Å². The molecule has 0 spiro atoms. The summed E-state index contributed by atoms with van der Waals surface area (Å²) in [5.41, 5.74) is 0. The molecule has 1 rings (SSSR count). The summed E-state index contributed by atoms with van der Waals surface area (Å²) in [4.78, 5) is 13.9. The van der Waals surface area contributed by atoms with Crippen LogP contribution in [-0.4, -0.2) is 50.3 Å². The fourth-order valence-electron chi connectivity index (χ4n) is 1.99. The standard InChI is InChI=1S/C18H31N3O2/c1-16(2)21(3)14-8-7-12-19-18(22)20-13-9-15-23-17-10-5-4-6-11-17/h4-6,10-11,16H,7-9,12-15H2,1-3H3,(H2,19,20,22). The third-order valence-electron chi connectivity index (χ3n) is 3.72. The molecule has 0 radical (unpaired) electrons. The van der Waals surface area contributed by atoms with Crippen molar-refractivity contribution in [2.75, 3.05) is 33.3 Å². The fourth-order valence-corrected chi connectivity index (χ4v) is 1.99. The average Bonchev–Trinajstić information content (AvgIpc) is 2.54. The molecule has 23 heavy (non-hydrogen) atoms. The lowest BCUT2D eigenvalue weighted by Crippen LogP contribution is -2.37. The van der Waals surface area contributed by atoms with Crippen LogP contribution >= 0.6 is 0 Å². The van der Waals surface area contributed by atoms with Crippen LogP contribution in [0.2, 0.25) is 0 Å². The van der Waals surface area contributed by atoms with Crippen molar-refractivity contribution in [1.82, 2.24) is 15.5 Å². The lowest BCUT2D eigenvalue weighted by atomic mass is 10.2. The van der Waals surface area contributed by atoms with Gasteiger partial charge in [-0.25, -0.2) is 4.79 Å². The second-order valence-corrected chi connectivity index (χ2v) is 5.98. The van der Waals surface area contributed by atoms with E-state index in [9.17, 15) is 4.79 Å². The Morgan fingerprint density at radius 1 is 1.09 bits per heavy atom. The van der Waals surface area contributed by atoms with E-state index < -0.39 is 0 Å². The Kier molecular flexibility index (Phi) is 9.87. The Bertz CT molecular complexity index is 424. The maximum Gasteiger partial charge on any atom is 0.314 e. The predicted octanol–water partition coefficient (Wildman–Crippen LogP) is 2.88. The summed E-state index contributed by atoms with van der Waals surface area (Å²) in [6, 6.07) is 10.2. The van der Waals surface area contributed by atoms with E-state index in [-0.39, 0.29) is 6.03 Å². The van der Waals surface area contributed by atoms with Gasteiger partial charge in [0.25, 0.3) is 0 Å². The van der Waals surface area contributed by atoms with Gasteiger partial charge in [-0.3, -0.25) is 0 Å². The second-order valence-electron chi connectivity index (χ2n) is 5.98. The van der Waals surface area contributed by atoms with Gasteiger partial charge in [-0.15, -0.1) is 0 Å². The lowest BCUT2D eigenvalue weighted by Gasteiger charge is -2.20. The first-order valence-corrected chi connectivity index (χ1v) is 8.49. The number of benzene rings is 1. The maximum absolute atomic E-state index is 11.6. The van der Waals surface area contributed by atoms with Crippen LogP contribution in [-0.2, 0) is 0 Å². The van der Waals surface area contributed by atoms with Gasteiger partial charge in [-0.05, 0) is 58.8 Å². The van der Waals surface area contributed by atoms with E-state index in [4.69, 9.17) is 4.74 Å². The van der Waals surface area contributed by atoms with Crippen LogP contribution in [0.5, 0.6) is 5.75 Å². The molecular weight excluding hydrogens is 290 g/mol. The van der Waals surface area contributed by atoms with E-state index in [1.165, 1.54) is 0 Å².